The van der Waals surface area contributed by atoms with E-state index in [1.165, 1.54) is 44.8 Å². The first-order valence-corrected chi connectivity index (χ1v) is 10.4. The molecule has 1 aromatic heterocycles. The molecule has 0 spiro atoms. The summed E-state index contributed by atoms with van der Waals surface area (Å²) < 4.78 is 26.0. The Morgan fingerprint density at radius 1 is 1.19 bits per heavy atom. The van der Waals surface area contributed by atoms with Gasteiger partial charge in [-0.05, 0) is 49.6 Å². The molecule has 144 valence electrons. The minimum absolute atomic E-state index is 0.0624. The van der Waals surface area contributed by atoms with Gasteiger partial charge in [-0.15, -0.1) is 0 Å². The largest absolute Gasteiger partial charge is 0.371 e. The molecule has 1 aliphatic heterocycles. The average molecular weight is 388 g/mol. The molecule has 3 rings (SSSR count). The van der Waals surface area contributed by atoms with Crippen LogP contribution < -0.4 is 10.2 Å². The van der Waals surface area contributed by atoms with Gasteiger partial charge >= 0.3 is 0 Å². The van der Waals surface area contributed by atoms with Gasteiger partial charge < -0.3 is 10.2 Å². The molecule has 1 aliphatic rings. The Kier molecular flexibility index (Phi) is 6.08. The summed E-state index contributed by atoms with van der Waals surface area (Å²) >= 11 is 0. The maximum atomic E-state index is 12.5. The van der Waals surface area contributed by atoms with Crippen LogP contribution in [-0.4, -0.2) is 50.3 Å². The number of carbonyl (C=O) groups excluding carboxylic acids is 1. The van der Waals surface area contributed by atoms with Gasteiger partial charge in [0, 0.05) is 43.9 Å². The van der Waals surface area contributed by atoms with Crippen molar-refractivity contribution in [3.8, 4) is 0 Å². The quantitative estimate of drug-likeness (QED) is 0.821. The van der Waals surface area contributed by atoms with E-state index in [0.717, 1.165) is 23.1 Å². The molecule has 2 aromatic rings. The Morgan fingerprint density at radius 2 is 1.96 bits per heavy atom. The lowest BCUT2D eigenvalue weighted by atomic mass is 10.1. The van der Waals surface area contributed by atoms with Crippen molar-refractivity contribution in [3.05, 3.63) is 48.8 Å². The zero-order chi connectivity index (χ0) is 19.3. The Morgan fingerprint density at radius 3 is 2.67 bits per heavy atom. The normalized spacial score (nSPS) is 15.0. The Bertz CT molecular complexity index is 881. The standard InChI is InChI=1S/C19H24N4O3S/c1-22(27(25,26)18-9-6-10-20-14-18)15-19(24)21-16-7-5-8-17(13-16)23-11-3-2-4-12-23/h5-10,13-14H,2-4,11-12,15H2,1H3,(H,21,24). The summed E-state index contributed by atoms with van der Waals surface area (Å²) in [7, 11) is -2.37. The lowest BCUT2D eigenvalue weighted by Gasteiger charge is -2.29. The SMILES string of the molecule is CN(CC(=O)Nc1cccc(N2CCCCC2)c1)S(=O)(=O)c1cccnc1. The van der Waals surface area contributed by atoms with Crippen LogP contribution in [0.25, 0.3) is 0 Å². The minimum Gasteiger partial charge on any atom is -0.371 e. The maximum Gasteiger partial charge on any atom is 0.244 e. The third-order valence-corrected chi connectivity index (χ3v) is 6.35. The van der Waals surface area contributed by atoms with Crippen LogP contribution in [-0.2, 0) is 14.8 Å². The molecule has 7 nitrogen and oxygen atoms in total. The second-order valence-electron chi connectivity index (χ2n) is 6.60. The number of piperidine rings is 1. The van der Waals surface area contributed by atoms with Gasteiger partial charge in [-0.2, -0.15) is 4.31 Å². The lowest BCUT2D eigenvalue weighted by Crippen LogP contribution is -2.35. The highest BCUT2D eigenvalue weighted by Crippen LogP contribution is 2.23. The van der Waals surface area contributed by atoms with Crippen LogP contribution in [0.4, 0.5) is 11.4 Å². The van der Waals surface area contributed by atoms with Crippen molar-refractivity contribution in [2.45, 2.75) is 24.2 Å². The molecular formula is C19H24N4O3S. The number of benzene rings is 1. The van der Waals surface area contributed by atoms with E-state index >= 15 is 0 Å². The topological polar surface area (TPSA) is 82.6 Å². The third kappa shape index (κ3) is 4.84. The van der Waals surface area contributed by atoms with Crippen LogP contribution >= 0.6 is 0 Å². The second-order valence-corrected chi connectivity index (χ2v) is 8.64. The predicted molar refractivity (Wildman–Crippen MR) is 105 cm³/mol. The van der Waals surface area contributed by atoms with E-state index in [9.17, 15) is 13.2 Å². The molecule has 0 aliphatic carbocycles. The van der Waals surface area contributed by atoms with E-state index < -0.39 is 10.0 Å². The number of sulfonamides is 1. The Hall–Kier alpha value is -2.45. The van der Waals surface area contributed by atoms with Gasteiger partial charge in [0.25, 0.3) is 0 Å². The van der Waals surface area contributed by atoms with Crippen molar-refractivity contribution < 1.29 is 13.2 Å². The first-order valence-electron chi connectivity index (χ1n) is 8.98. The Balaban J connectivity index is 1.64. The molecule has 1 aromatic carbocycles. The average Bonchev–Trinajstić information content (AvgIpc) is 2.69. The maximum absolute atomic E-state index is 12.5. The molecule has 1 fully saturated rings. The molecule has 1 saturated heterocycles. The van der Waals surface area contributed by atoms with Gasteiger partial charge in [-0.3, -0.25) is 9.78 Å². The van der Waals surface area contributed by atoms with Crippen LogP contribution in [0.15, 0.2) is 53.7 Å². The molecule has 0 unspecified atom stereocenters. The number of carbonyl (C=O) groups is 1. The number of hydrogen-bond donors (Lipinski definition) is 1. The summed E-state index contributed by atoms with van der Waals surface area (Å²) in [5, 5.41) is 2.79. The first kappa shape index (κ1) is 19.3. The van der Waals surface area contributed by atoms with Crippen LogP contribution in [0.5, 0.6) is 0 Å². The number of nitrogens with zero attached hydrogens (tertiary/aromatic N) is 3. The van der Waals surface area contributed by atoms with E-state index in [2.05, 4.69) is 15.2 Å². The highest BCUT2D eigenvalue weighted by molar-refractivity contribution is 7.89. The Labute approximate surface area is 160 Å². The lowest BCUT2D eigenvalue weighted by molar-refractivity contribution is -0.116. The fourth-order valence-electron chi connectivity index (χ4n) is 3.10. The summed E-state index contributed by atoms with van der Waals surface area (Å²) in [4.78, 5) is 18.5. The van der Waals surface area contributed by atoms with Gasteiger partial charge in [-0.1, -0.05) is 6.07 Å². The number of likely N-dealkylation sites (N-methyl/N-ethyl adjacent to an activating group) is 1. The molecule has 2 heterocycles. The number of nitrogens with one attached hydrogen (secondary N) is 1. The van der Waals surface area contributed by atoms with Crippen molar-refractivity contribution >= 4 is 27.3 Å². The van der Waals surface area contributed by atoms with E-state index in [-0.39, 0.29) is 17.3 Å². The van der Waals surface area contributed by atoms with Crippen molar-refractivity contribution in [1.29, 1.82) is 0 Å². The molecule has 0 bridgehead atoms. The molecule has 0 atom stereocenters. The third-order valence-electron chi connectivity index (χ3n) is 4.56. The second kappa shape index (κ2) is 8.49. The number of rotatable bonds is 6. The summed E-state index contributed by atoms with van der Waals surface area (Å²) in [6.07, 6.45) is 6.37. The van der Waals surface area contributed by atoms with E-state index in [0.29, 0.717) is 5.69 Å². The van der Waals surface area contributed by atoms with Gasteiger partial charge in [0.15, 0.2) is 0 Å². The molecule has 8 heteroatoms. The van der Waals surface area contributed by atoms with Gasteiger partial charge in [0.1, 0.15) is 4.90 Å². The van der Waals surface area contributed by atoms with Crippen molar-refractivity contribution in [2.75, 3.05) is 36.9 Å². The number of amides is 1. The summed E-state index contributed by atoms with van der Waals surface area (Å²) in [6, 6.07) is 10.7. The van der Waals surface area contributed by atoms with Gasteiger partial charge in [0.05, 0.1) is 6.54 Å². The minimum atomic E-state index is -3.75. The zero-order valence-corrected chi connectivity index (χ0v) is 16.2. The molecule has 27 heavy (non-hydrogen) atoms. The number of hydrogen-bond acceptors (Lipinski definition) is 5. The van der Waals surface area contributed by atoms with Gasteiger partial charge in [0.2, 0.25) is 15.9 Å². The fraction of sp³-hybridized carbons (Fsp3) is 0.368. The zero-order valence-electron chi connectivity index (χ0n) is 15.3. The van der Waals surface area contributed by atoms with E-state index in [1.54, 1.807) is 12.1 Å². The molecule has 0 saturated carbocycles. The predicted octanol–water partition coefficient (Wildman–Crippen LogP) is 2.33. The first-order chi connectivity index (χ1) is 13.0. The van der Waals surface area contributed by atoms with Crippen molar-refractivity contribution in [3.63, 3.8) is 0 Å². The summed E-state index contributed by atoms with van der Waals surface area (Å²) in [5.74, 6) is -0.388. The van der Waals surface area contributed by atoms with Crippen molar-refractivity contribution in [1.82, 2.24) is 9.29 Å². The smallest absolute Gasteiger partial charge is 0.244 e. The summed E-state index contributed by atoms with van der Waals surface area (Å²) in [5.41, 5.74) is 1.74. The molecule has 1 N–H and O–H groups in total. The van der Waals surface area contributed by atoms with E-state index in [4.69, 9.17) is 0 Å². The van der Waals surface area contributed by atoms with Gasteiger partial charge in [-0.25, -0.2) is 8.42 Å². The van der Waals surface area contributed by atoms with Crippen LogP contribution in [0, 0.1) is 0 Å². The summed E-state index contributed by atoms with van der Waals surface area (Å²) in [6.45, 7) is 1.76. The van der Waals surface area contributed by atoms with Crippen LogP contribution in [0.3, 0.4) is 0 Å². The van der Waals surface area contributed by atoms with Crippen LogP contribution in [0.1, 0.15) is 19.3 Å². The molecule has 0 radical (unpaired) electrons. The highest BCUT2D eigenvalue weighted by Gasteiger charge is 2.23. The fourth-order valence-corrected chi connectivity index (χ4v) is 4.19. The van der Waals surface area contributed by atoms with Crippen LogP contribution in [0.2, 0.25) is 0 Å². The van der Waals surface area contributed by atoms with Crippen molar-refractivity contribution in [2.24, 2.45) is 0 Å². The molecular weight excluding hydrogens is 364 g/mol. The monoisotopic (exact) mass is 388 g/mol. The molecule has 1 amide bonds. The van der Waals surface area contributed by atoms with E-state index in [1.807, 2.05) is 18.2 Å². The highest BCUT2D eigenvalue weighted by atomic mass is 32.2. The number of anilines is 2. The number of pyridine rings is 1. The number of aromatic nitrogens is 1.